The number of carbonyl (C=O) groups is 1. The highest BCUT2D eigenvalue weighted by Crippen LogP contribution is 2.43. The van der Waals surface area contributed by atoms with Gasteiger partial charge in [0.1, 0.15) is 0 Å². The highest BCUT2D eigenvalue weighted by atomic mass is 19.3. The number of rotatable bonds is 6. The molecule has 2 saturated carbocycles. The van der Waals surface area contributed by atoms with Gasteiger partial charge in [0.05, 0.1) is 24.2 Å². The van der Waals surface area contributed by atoms with E-state index < -0.39 is 12.0 Å². The van der Waals surface area contributed by atoms with Gasteiger partial charge < -0.3 is 10.1 Å². The van der Waals surface area contributed by atoms with Gasteiger partial charge >= 0.3 is 6.03 Å². The molecule has 9 heteroatoms. The second kappa shape index (κ2) is 6.54. The molecule has 3 N–H and O–H groups in total. The van der Waals surface area contributed by atoms with E-state index >= 15 is 0 Å². The van der Waals surface area contributed by atoms with Gasteiger partial charge in [0.2, 0.25) is 5.92 Å². The number of ether oxygens (including phenoxy) is 1. The molecular formula is C17H19F2N5O2. The third-order valence-corrected chi connectivity index (χ3v) is 4.55. The maximum Gasteiger partial charge on any atom is 0.325 e. The Hall–Kier alpha value is -2.71. The van der Waals surface area contributed by atoms with E-state index in [2.05, 4.69) is 25.8 Å². The first-order valence-electron chi connectivity index (χ1n) is 8.57. The van der Waals surface area contributed by atoms with E-state index in [4.69, 9.17) is 4.74 Å². The molecule has 0 spiro atoms. The summed E-state index contributed by atoms with van der Waals surface area (Å²) in [5, 5.41) is 12.3. The predicted octanol–water partition coefficient (Wildman–Crippen LogP) is 3.75. The number of amides is 2. The van der Waals surface area contributed by atoms with Crippen molar-refractivity contribution >= 4 is 17.5 Å². The van der Waals surface area contributed by atoms with Crippen LogP contribution in [0.1, 0.15) is 37.3 Å². The minimum atomic E-state index is -2.58. The molecule has 0 saturated heterocycles. The minimum absolute atomic E-state index is 0.166. The number of urea groups is 1. The van der Waals surface area contributed by atoms with E-state index in [0.29, 0.717) is 17.4 Å². The Morgan fingerprint density at radius 1 is 1.35 bits per heavy atom. The van der Waals surface area contributed by atoms with Gasteiger partial charge in [-0.3, -0.25) is 10.4 Å². The number of aromatic amines is 1. The van der Waals surface area contributed by atoms with Crippen molar-refractivity contribution in [2.24, 2.45) is 5.92 Å². The fourth-order valence-corrected chi connectivity index (χ4v) is 3.05. The molecule has 4 rings (SSSR count). The molecule has 2 aliphatic carbocycles. The van der Waals surface area contributed by atoms with Gasteiger partial charge in [-0.25, -0.2) is 18.6 Å². The summed E-state index contributed by atoms with van der Waals surface area (Å²) in [7, 11) is 0. The molecular weight excluding hydrogens is 344 g/mol. The van der Waals surface area contributed by atoms with Crippen molar-refractivity contribution in [3.05, 3.63) is 30.2 Å². The Morgan fingerprint density at radius 2 is 2.15 bits per heavy atom. The van der Waals surface area contributed by atoms with Crippen LogP contribution in [-0.4, -0.2) is 33.7 Å². The van der Waals surface area contributed by atoms with Gasteiger partial charge in [-0.2, -0.15) is 5.10 Å². The molecule has 138 valence electrons. The molecule has 0 unspecified atom stereocenters. The van der Waals surface area contributed by atoms with Gasteiger partial charge in [-0.05, 0) is 25.0 Å². The number of anilines is 2. The number of hydrogen-bond donors (Lipinski definition) is 3. The van der Waals surface area contributed by atoms with Gasteiger partial charge in [-0.15, -0.1) is 0 Å². The SMILES string of the molecule is O=C(Nc1cn[nH]c1C1CC1)Nc1ncccc1OCC1CC(F)(F)C1. The quantitative estimate of drug-likeness (QED) is 0.729. The van der Waals surface area contributed by atoms with E-state index in [9.17, 15) is 13.6 Å². The lowest BCUT2D eigenvalue weighted by Crippen LogP contribution is -2.38. The topological polar surface area (TPSA) is 91.9 Å². The number of halogens is 2. The Labute approximate surface area is 148 Å². The van der Waals surface area contributed by atoms with E-state index in [1.165, 1.54) is 6.20 Å². The van der Waals surface area contributed by atoms with E-state index in [-0.39, 0.29) is 31.2 Å². The summed E-state index contributed by atoms with van der Waals surface area (Å²) in [5.41, 5.74) is 1.56. The molecule has 0 atom stereocenters. The third kappa shape index (κ3) is 3.76. The number of H-pyrrole nitrogens is 1. The standard InChI is InChI=1S/C17H19F2N5O2/c18-17(19)6-10(7-17)9-26-13-2-1-5-20-15(13)23-16(25)22-12-8-21-24-14(12)11-3-4-11/h1-2,5,8,10-11H,3-4,6-7,9H2,(H,21,24)(H2,20,22,23,25). The van der Waals surface area contributed by atoms with Crippen LogP contribution in [0.5, 0.6) is 5.75 Å². The van der Waals surface area contributed by atoms with Crippen LogP contribution in [0.15, 0.2) is 24.5 Å². The number of hydrogen-bond acceptors (Lipinski definition) is 4. The zero-order valence-corrected chi connectivity index (χ0v) is 14.0. The van der Waals surface area contributed by atoms with Crippen LogP contribution in [-0.2, 0) is 0 Å². The summed E-state index contributed by atoms with van der Waals surface area (Å²) in [5.74, 6) is -1.74. The molecule has 0 radical (unpaired) electrons. The number of alkyl halides is 2. The highest BCUT2D eigenvalue weighted by molar-refractivity contribution is 6.00. The number of carbonyl (C=O) groups excluding carboxylic acids is 1. The van der Waals surface area contributed by atoms with Crippen LogP contribution in [0, 0.1) is 5.92 Å². The van der Waals surface area contributed by atoms with Gasteiger partial charge in [0.15, 0.2) is 11.6 Å². The molecule has 0 bridgehead atoms. The lowest BCUT2D eigenvalue weighted by molar-refractivity contribution is -0.119. The number of nitrogens with zero attached hydrogens (tertiary/aromatic N) is 2. The van der Waals surface area contributed by atoms with Crippen LogP contribution in [0.3, 0.4) is 0 Å². The number of aromatic nitrogens is 3. The van der Waals surface area contributed by atoms with Gasteiger partial charge in [-0.1, -0.05) is 0 Å². The van der Waals surface area contributed by atoms with Crippen LogP contribution < -0.4 is 15.4 Å². The molecule has 7 nitrogen and oxygen atoms in total. The van der Waals surface area contributed by atoms with Crippen molar-refractivity contribution in [2.75, 3.05) is 17.2 Å². The highest BCUT2D eigenvalue weighted by Gasteiger charge is 2.45. The van der Waals surface area contributed by atoms with E-state index in [0.717, 1.165) is 18.5 Å². The predicted molar refractivity (Wildman–Crippen MR) is 90.6 cm³/mol. The molecule has 2 heterocycles. The molecule has 2 aliphatic rings. The summed E-state index contributed by atoms with van der Waals surface area (Å²) < 4.78 is 31.4. The van der Waals surface area contributed by atoms with Crippen molar-refractivity contribution in [1.29, 1.82) is 0 Å². The van der Waals surface area contributed by atoms with Crippen LogP contribution in [0.2, 0.25) is 0 Å². The van der Waals surface area contributed by atoms with Crippen molar-refractivity contribution in [3.8, 4) is 5.75 Å². The van der Waals surface area contributed by atoms with Gasteiger partial charge in [0, 0.05) is 30.9 Å². The molecule has 2 aromatic heterocycles. The van der Waals surface area contributed by atoms with Crippen molar-refractivity contribution in [2.45, 2.75) is 37.5 Å². The summed E-state index contributed by atoms with van der Waals surface area (Å²) in [6.07, 6.45) is 4.92. The van der Waals surface area contributed by atoms with E-state index in [1.807, 2.05) is 0 Å². The molecule has 2 fully saturated rings. The Bertz CT molecular complexity index is 798. The Balaban J connectivity index is 1.35. The minimum Gasteiger partial charge on any atom is -0.489 e. The lowest BCUT2D eigenvalue weighted by atomic mass is 9.82. The largest absolute Gasteiger partial charge is 0.489 e. The van der Waals surface area contributed by atoms with Crippen LogP contribution >= 0.6 is 0 Å². The molecule has 2 aromatic rings. The molecule has 0 aromatic carbocycles. The first kappa shape index (κ1) is 16.7. The first-order chi connectivity index (χ1) is 12.5. The van der Waals surface area contributed by atoms with Crippen molar-refractivity contribution < 1.29 is 18.3 Å². The lowest BCUT2D eigenvalue weighted by Gasteiger charge is -2.34. The molecule has 2 amide bonds. The maximum absolute atomic E-state index is 12.9. The fourth-order valence-electron chi connectivity index (χ4n) is 3.05. The first-order valence-corrected chi connectivity index (χ1v) is 8.57. The maximum atomic E-state index is 12.9. The average Bonchev–Trinajstić information content (AvgIpc) is 3.32. The summed E-state index contributed by atoms with van der Waals surface area (Å²) >= 11 is 0. The third-order valence-electron chi connectivity index (χ3n) is 4.55. The average molecular weight is 363 g/mol. The Kier molecular flexibility index (Phi) is 4.21. The number of nitrogens with one attached hydrogen (secondary N) is 3. The zero-order valence-electron chi connectivity index (χ0n) is 14.0. The summed E-state index contributed by atoms with van der Waals surface area (Å²) in [4.78, 5) is 16.4. The van der Waals surface area contributed by atoms with Crippen LogP contribution in [0.25, 0.3) is 0 Å². The second-order valence-corrected chi connectivity index (χ2v) is 6.84. The Morgan fingerprint density at radius 3 is 2.88 bits per heavy atom. The fraction of sp³-hybridized carbons (Fsp3) is 0.471. The smallest absolute Gasteiger partial charge is 0.325 e. The monoisotopic (exact) mass is 363 g/mol. The van der Waals surface area contributed by atoms with Crippen molar-refractivity contribution in [1.82, 2.24) is 15.2 Å². The summed E-state index contributed by atoms with van der Waals surface area (Å²) in [6.45, 7) is 0.172. The summed E-state index contributed by atoms with van der Waals surface area (Å²) in [6, 6.07) is 2.84. The normalized spacial score (nSPS) is 18.8. The molecule has 26 heavy (non-hydrogen) atoms. The number of pyridine rings is 1. The second-order valence-electron chi connectivity index (χ2n) is 6.84. The van der Waals surface area contributed by atoms with E-state index in [1.54, 1.807) is 18.3 Å². The van der Waals surface area contributed by atoms with Crippen molar-refractivity contribution in [3.63, 3.8) is 0 Å². The van der Waals surface area contributed by atoms with Crippen LogP contribution in [0.4, 0.5) is 25.1 Å². The zero-order chi connectivity index (χ0) is 18.1. The molecule has 0 aliphatic heterocycles. The van der Waals surface area contributed by atoms with Gasteiger partial charge in [0.25, 0.3) is 0 Å².